The molecule has 7 rings (SSSR count). The van der Waals surface area contributed by atoms with E-state index < -0.39 is 12.2 Å². The number of hydrogen-bond acceptors (Lipinski definition) is 6. The number of allylic oxidation sites excluding steroid dienone is 1. The predicted molar refractivity (Wildman–Crippen MR) is 213 cm³/mol. The van der Waals surface area contributed by atoms with Crippen LogP contribution in [0.5, 0.6) is 5.75 Å². The van der Waals surface area contributed by atoms with Crippen LogP contribution in [0.25, 0.3) is 16.8 Å². The van der Waals surface area contributed by atoms with Crippen LogP contribution < -0.4 is 10.1 Å². The highest BCUT2D eigenvalue weighted by atomic mass is 16.5. The molecular weight excluding hydrogens is 691 g/mol. The van der Waals surface area contributed by atoms with Crippen LogP contribution in [-0.4, -0.2) is 82.4 Å². The summed E-state index contributed by atoms with van der Waals surface area (Å²) in [5, 5.41) is 8.66. The molecule has 0 saturated carbocycles. The summed E-state index contributed by atoms with van der Waals surface area (Å²) >= 11 is 0. The lowest BCUT2D eigenvalue weighted by Crippen LogP contribution is -2.66. The van der Waals surface area contributed by atoms with Gasteiger partial charge in [0.15, 0.2) is 5.78 Å². The van der Waals surface area contributed by atoms with E-state index in [1.807, 2.05) is 108 Å². The van der Waals surface area contributed by atoms with Crippen molar-refractivity contribution in [2.45, 2.75) is 45.1 Å². The average Bonchev–Trinajstić information content (AvgIpc) is 3.55. The fourth-order valence-electron chi connectivity index (χ4n) is 7.46. The fourth-order valence-corrected chi connectivity index (χ4v) is 7.46. The first kappa shape index (κ1) is 37.1. The number of ketones is 1. The number of amides is 4. The summed E-state index contributed by atoms with van der Waals surface area (Å²) in [5.74, 6) is 0.313. The van der Waals surface area contributed by atoms with Gasteiger partial charge in [0, 0.05) is 31.6 Å². The number of nitrogens with one attached hydrogen (secondary N) is 1. The third-order valence-corrected chi connectivity index (χ3v) is 10.3. The Morgan fingerprint density at radius 2 is 1.56 bits per heavy atom. The van der Waals surface area contributed by atoms with Gasteiger partial charge in [-0.15, -0.1) is 0 Å². The van der Waals surface area contributed by atoms with E-state index in [9.17, 15) is 19.2 Å². The first-order chi connectivity index (χ1) is 26.8. The van der Waals surface area contributed by atoms with E-state index in [-0.39, 0.29) is 36.7 Å². The van der Waals surface area contributed by atoms with E-state index in [0.717, 1.165) is 38.8 Å². The number of nitrogens with zero attached hydrogens (tertiary/aromatic N) is 4. The van der Waals surface area contributed by atoms with Crippen LogP contribution in [0.2, 0.25) is 0 Å². The molecule has 5 aromatic carbocycles. The van der Waals surface area contributed by atoms with Crippen LogP contribution in [-0.2, 0) is 29.1 Å². The second-order valence-corrected chi connectivity index (χ2v) is 13.9. The molecule has 0 spiro atoms. The Hall–Kier alpha value is -6.26. The minimum atomic E-state index is -0.780. The van der Waals surface area contributed by atoms with Gasteiger partial charge in [-0.3, -0.25) is 19.4 Å². The maximum Gasteiger partial charge on any atom is 0.332 e. The number of hydrazine groups is 1. The quantitative estimate of drug-likeness (QED) is 0.107. The van der Waals surface area contributed by atoms with Crippen molar-refractivity contribution in [3.63, 3.8) is 0 Å². The average molecular weight is 736 g/mol. The monoisotopic (exact) mass is 735 g/mol. The summed E-state index contributed by atoms with van der Waals surface area (Å²) in [6.07, 6.45) is 3.75. The van der Waals surface area contributed by atoms with Crippen LogP contribution in [0.1, 0.15) is 46.0 Å². The Morgan fingerprint density at radius 1 is 0.855 bits per heavy atom. The zero-order valence-electron chi connectivity index (χ0n) is 31.1. The fraction of sp³-hybridized carbons (Fsp3) is 0.244. The summed E-state index contributed by atoms with van der Waals surface area (Å²) in [6.45, 7) is 3.28. The predicted octanol–water partition coefficient (Wildman–Crippen LogP) is 6.71. The molecule has 2 aliphatic heterocycles. The molecule has 0 bridgehead atoms. The third kappa shape index (κ3) is 8.29. The molecule has 5 aromatic rings. The van der Waals surface area contributed by atoms with Gasteiger partial charge < -0.3 is 19.9 Å². The van der Waals surface area contributed by atoms with E-state index in [0.29, 0.717) is 38.0 Å². The number of carbonyl (C=O) groups is 4. The van der Waals surface area contributed by atoms with E-state index >= 15 is 0 Å². The first-order valence-electron chi connectivity index (χ1n) is 18.7. The van der Waals surface area contributed by atoms with Crippen LogP contribution in [0.3, 0.4) is 0 Å². The number of piperazine rings is 1. The highest BCUT2D eigenvalue weighted by Crippen LogP contribution is 2.31. The van der Waals surface area contributed by atoms with Crippen molar-refractivity contribution >= 4 is 40.5 Å². The number of fused-ring (bicyclic) bond motifs is 2. The Balaban J connectivity index is 1.15. The summed E-state index contributed by atoms with van der Waals surface area (Å²) in [5.41, 5.74) is 4.27. The van der Waals surface area contributed by atoms with E-state index in [1.54, 1.807) is 41.3 Å². The molecule has 2 fully saturated rings. The van der Waals surface area contributed by atoms with Crippen molar-refractivity contribution in [2.24, 2.45) is 0 Å². The van der Waals surface area contributed by atoms with Crippen molar-refractivity contribution in [3.05, 3.63) is 155 Å². The third-order valence-electron chi connectivity index (χ3n) is 10.3. The number of ether oxygens (including phenoxy) is 1. The minimum Gasteiger partial charge on any atom is -0.497 e. The number of urea groups is 1. The highest BCUT2D eigenvalue weighted by Gasteiger charge is 2.52. The molecule has 2 heterocycles. The maximum atomic E-state index is 14.5. The molecule has 0 aromatic heterocycles. The molecule has 2 atom stereocenters. The van der Waals surface area contributed by atoms with Crippen molar-refractivity contribution in [1.29, 1.82) is 0 Å². The van der Waals surface area contributed by atoms with Crippen molar-refractivity contribution < 1.29 is 23.9 Å². The summed E-state index contributed by atoms with van der Waals surface area (Å²) in [4.78, 5) is 58.6. The van der Waals surface area contributed by atoms with Gasteiger partial charge >= 0.3 is 6.03 Å². The lowest BCUT2D eigenvalue weighted by molar-refractivity contribution is -0.157. The SMILES string of the molecule is CCCN(C(=O)NCc1ccc(OC)cc1)N1CC(=O)N2[C@@H](Cc3ccc(/C=C\C(=O)c4ccccc4)cc3)C(=O)N(Cc3cccc4ccccc34)C[C@@H]21. The van der Waals surface area contributed by atoms with Gasteiger partial charge in [0.2, 0.25) is 11.8 Å². The zero-order valence-corrected chi connectivity index (χ0v) is 31.1. The van der Waals surface area contributed by atoms with Gasteiger partial charge in [-0.2, -0.15) is 5.01 Å². The van der Waals surface area contributed by atoms with Crippen LogP contribution in [0.4, 0.5) is 4.79 Å². The van der Waals surface area contributed by atoms with Crippen molar-refractivity contribution in [1.82, 2.24) is 25.1 Å². The van der Waals surface area contributed by atoms with Crippen LogP contribution in [0, 0.1) is 0 Å². The van der Waals surface area contributed by atoms with E-state index in [2.05, 4.69) is 23.5 Å². The molecule has 2 aliphatic rings. The molecule has 0 radical (unpaired) electrons. The molecule has 0 aliphatic carbocycles. The molecule has 2 saturated heterocycles. The van der Waals surface area contributed by atoms with Crippen LogP contribution >= 0.6 is 0 Å². The lowest BCUT2D eigenvalue weighted by atomic mass is 9.98. The summed E-state index contributed by atoms with van der Waals surface area (Å²) < 4.78 is 5.27. The van der Waals surface area contributed by atoms with Gasteiger partial charge in [0.1, 0.15) is 18.0 Å². The van der Waals surface area contributed by atoms with Gasteiger partial charge in [0.25, 0.3) is 0 Å². The summed E-state index contributed by atoms with van der Waals surface area (Å²) in [7, 11) is 1.61. The van der Waals surface area contributed by atoms with Gasteiger partial charge in [0.05, 0.1) is 20.2 Å². The smallest absolute Gasteiger partial charge is 0.332 e. The second kappa shape index (κ2) is 16.8. The lowest BCUT2D eigenvalue weighted by Gasteiger charge is -2.46. The molecule has 55 heavy (non-hydrogen) atoms. The Bertz CT molecular complexity index is 2180. The number of rotatable bonds is 13. The maximum absolute atomic E-state index is 14.5. The van der Waals surface area contributed by atoms with Gasteiger partial charge in [-0.25, -0.2) is 4.79 Å². The molecule has 10 heteroatoms. The second-order valence-electron chi connectivity index (χ2n) is 13.9. The first-order valence-corrected chi connectivity index (χ1v) is 18.7. The molecule has 4 amide bonds. The molecule has 280 valence electrons. The minimum absolute atomic E-state index is 0.0221. The van der Waals surface area contributed by atoms with Crippen molar-refractivity contribution in [2.75, 3.05) is 26.7 Å². The molecular formula is C45H45N5O5. The van der Waals surface area contributed by atoms with E-state index in [4.69, 9.17) is 4.74 Å². The zero-order chi connectivity index (χ0) is 38.3. The molecule has 1 N–H and O–H groups in total. The largest absolute Gasteiger partial charge is 0.497 e. The number of carbonyl (C=O) groups excluding carboxylic acids is 4. The summed E-state index contributed by atoms with van der Waals surface area (Å²) in [6, 6.07) is 37.4. The Kier molecular flexibility index (Phi) is 11.3. The van der Waals surface area contributed by atoms with Gasteiger partial charge in [-0.05, 0) is 57.7 Å². The molecule has 10 nitrogen and oxygen atoms in total. The molecule has 0 unspecified atom stereocenters. The van der Waals surface area contributed by atoms with Crippen molar-refractivity contribution in [3.8, 4) is 5.75 Å². The number of benzene rings is 5. The van der Waals surface area contributed by atoms with Gasteiger partial charge in [-0.1, -0.05) is 122 Å². The normalized spacial score (nSPS) is 17.1. The standard InChI is InChI=1S/C45H45N5O5/c1-3-26-48(45(54)46-28-34-20-23-38(55-2)24-21-34)49-31-43(52)50-40(27-33-18-16-32(17-19-33)22-25-41(51)36-11-5-4-6-12-36)44(53)47(30-42(49)50)29-37-14-9-13-35-10-7-8-15-39(35)37/h4-25,40,42H,3,26-31H2,1-2H3,(H,46,54)/b25-22-/t40-,42+/m0/s1. The Labute approximate surface area is 321 Å². The number of hydrogen-bond donors (Lipinski definition) is 1. The highest BCUT2D eigenvalue weighted by molar-refractivity contribution is 6.06. The Morgan fingerprint density at radius 3 is 2.31 bits per heavy atom. The number of methoxy groups -OCH3 is 1. The van der Waals surface area contributed by atoms with E-state index in [1.165, 1.54) is 0 Å². The van der Waals surface area contributed by atoms with Crippen LogP contribution in [0.15, 0.2) is 127 Å². The topological polar surface area (TPSA) is 102 Å².